The van der Waals surface area contributed by atoms with Crippen molar-refractivity contribution in [2.24, 2.45) is 17.3 Å². The molecule has 10 N–H and O–H groups in total. The molecule has 0 aliphatic carbocycles. The number of carbonyl (C=O) groups is 14. The normalized spacial score (nSPS) is 12.5. The molecule has 6 amide bonds. The predicted octanol–water partition coefficient (Wildman–Crippen LogP) is 8.27. The first-order chi connectivity index (χ1) is 60.0. The Kier molecular flexibility index (Phi) is 60.5. The Balaban J connectivity index is 0.000000957. The Morgan fingerprint density at radius 2 is 0.889 bits per heavy atom. The number of aryl methyl sites for hydroxylation is 2. The minimum atomic E-state index is -1.25. The summed E-state index contributed by atoms with van der Waals surface area (Å²) < 4.78 is 43.0. The first-order valence-corrected chi connectivity index (χ1v) is 44.8. The lowest BCUT2D eigenvalue weighted by Crippen LogP contribution is -2.43. The molecule has 3 rings (SSSR count). The molecule has 0 bridgehead atoms. The number of ether oxygens (including phenoxy) is 8. The number of aromatic amines is 1. The van der Waals surface area contributed by atoms with Gasteiger partial charge in [-0.25, -0.2) is 9.78 Å². The fourth-order valence-electron chi connectivity index (χ4n) is 12.7. The van der Waals surface area contributed by atoms with Crippen molar-refractivity contribution in [2.45, 2.75) is 253 Å². The van der Waals surface area contributed by atoms with Gasteiger partial charge < -0.3 is 90.3 Å². The van der Waals surface area contributed by atoms with E-state index in [-0.39, 0.29) is 243 Å². The summed E-state index contributed by atoms with van der Waals surface area (Å²) in [6.45, 7) is 26.1. The number of carboxylic acid groups (broad SMARTS) is 2. The lowest BCUT2D eigenvalue weighted by molar-refractivity contribution is -0.144. The predicted molar refractivity (Wildman–Crippen MR) is 475 cm³/mol. The molecule has 2 aromatic carbocycles. The highest BCUT2D eigenvalue weighted by molar-refractivity contribution is 6.05. The number of aromatic nitrogens is 2. The summed E-state index contributed by atoms with van der Waals surface area (Å²) in [5.74, 6) is -6.06. The van der Waals surface area contributed by atoms with Crippen molar-refractivity contribution >= 4 is 82.1 Å². The number of nitrogens with zero attached hydrogens (tertiary/aromatic N) is 1. The third-order valence-electron chi connectivity index (χ3n) is 20.5. The molecule has 0 aliphatic rings. The van der Waals surface area contributed by atoms with E-state index in [4.69, 9.17) is 37.9 Å². The molecule has 0 unspecified atom stereocenters. The second-order valence-electron chi connectivity index (χ2n) is 33.9. The smallest absolute Gasteiger partial charge is 0.326 e. The zero-order valence-corrected chi connectivity index (χ0v) is 76.9. The van der Waals surface area contributed by atoms with Crippen molar-refractivity contribution in [3.05, 3.63) is 89.0 Å². The summed E-state index contributed by atoms with van der Waals surface area (Å²) in [5, 5.41) is 38.4. The second kappa shape index (κ2) is 67.3. The minimum absolute atomic E-state index is 0.00783. The first kappa shape index (κ1) is 113. The Labute approximate surface area is 745 Å². The largest absolute Gasteiger partial charge is 0.481 e. The van der Waals surface area contributed by atoms with Gasteiger partial charge in [0.05, 0.1) is 90.9 Å². The fourth-order valence-corrected chi connectivity index (χ4v) is 12.7. The summed E-state index contributed by atoms with van der Waals surface area (Å²) in [4.78, 5) is 179. The molecular weight excluding hydrogens is 1630 g/mol. The minimum Gasteiger partial charge on any atom is -0.481 e. The molecule has 0 radical (unpaired) electrons. The molecule has 3 aromatic rings. The summed E-state index contributed by atoms with van der Waals surface area (Å²) in [7, 11) is 0. The van der Waals surface area contributed by atoms with Crippen LogP contribution >= 0.6 is 0 Å². The number of unbranched alkanes of at least 4 members (excludes halogenated alkanes) is 1. The van der Waals surface area contributed by atoms with Gasteiger partial charge in [0.2, 0.25) is 35.4 Å². The Hall–Kier alpha value is -8.93. The first-order valence-electron chi connectivity index (χ1n) is 44.8. The third kappa shape index (κ3) is 56.3. The summed E-state index contributed by atoms with van der Waals surface area (Å²) in [5.41, 5.74) is 4.50. The zero-order chi connectivity index (χ0) is 93.4. The maximum atomic E-state index is 13.2. The Morgan fingerprint density at radius 1 is 0.405 bits per heavy atom. The van der Waals surface area contributed by atoms with Gasteiger partial charge in [-0.1, -0.05) is 110 Å². The molecule has 4 atom stereocenters. The van der Waals surface area contributed by atoms with Crippen LogP contribution in [-0.2, 0) is 135 Å². The number of ketones is 6. The highest BCUT2D eigenvalue weighted by Crippen LogP contribution is 2.27. The van der Waals surface area contributed by atoms with Crippen molar-refractivity contribution < 1.29 is 115 Å². The van der Waals surface area contributed by atoms with E-state index in [1.807, 2.05) is 13.8 Å². The highest BCUT2D eigenvalue weighted by Gasteiger charge is 2.36. The van der Waals surface area contributed by atoms with Crippen LogP contribution in [0.5, 0.6) is 0 Å². The number of carboxylic acids is 2. The van der Waals surface area contributed by atoms with Crippen LogP contribution in [0.3, 0.4) is 0 Å². The van der Waals surface area contributed by atoms with Crippen LogP contribution in [0.15, 0.2) is 61.1 Å². The molecule has 0 saturated carbocycles. The third-order valence-corrected chi connectivity index (χ3v) is 20.5. The van der Waals surface area contributed by atoms with E-state index < -0.39 is 35.4 Å². The number of Topliss-reactive ketones (excluding diaryl/α,β-unsaturated/α-hetero) is 6. The lowest BCUT2D eigenvalue weighted by Gasteiger charge is -2.24. The van der Waals surface area contributed by atoms with Crippen molar-refractivity contribution in [3.63, 3.8) is 0 Å². The van der Waals surface area contributed by atoms with Crippen molar-refractivity contribution in [1.29, 1.82) is 0 Å². The van der Waals surface area contributed by atoms with Gasteiger partial charge in [-0.15, -0.1) is 0 Å². The SMILES string of the molecule is CCCNC(=O)COCCOCCNC(=O)COCCOCCCC(=O)CC[C@H](NC(=O)CCCc1ccc(C(C)(C)C)cc1)C(=O)O.CCC[C@H](CCC(=O)C(C)(C)C(=O)NCCc1cnc[nH]1)C(=O)CN[C@@H](CCCCNC(=O)COCCOCCCC(=O)COCCOCCNC(=O)CC[C@H](CC(=O)CCCc1ccc(C(C)(C)C)cc1)C(=O)O)C(C)=O. The van der Waals surface area contributed by atoms with Gasteiger partial charge in [-0.05, 0) is 144 Å². The van der Waals surface area contributed by atoms with Crippen LogP contribution in [0.25, 0.3) is 0 Å². The molecule has 0 aliphatic heterocycles. The molecule has 710 valence electrons. The monoisotopic (exact) mass is 1780 g/mol. The topological polar surface area (TPSA) is 466 Å². The van der Waals surface area contributed by atoms with E-state index in [1.165, 1.54) is 18.1 Å². The van der Waals surface area contributed by atoms with E-state index in [0.717, 1.165) is 42.5 Å². The molecule has 1 aromatic heterocycles. The number of carbonyl (C=O) groups excluding carboxylic acids is 12. The number of H-pyrrole nitrogens is 1. The van der Waals surface area contributed by atoms with Crippen molar-refractivity contribution in [2.75, 3.05) is 145 Å². The van der Waals surface area contributed by atoms with Crippen LogP contribution in [0.1, 0.15) is 239 Å². The molecular formula is C93H149N9O24. The summed E-state index contributed by atoms with van der Waals surface area (Å²) >= 11 is 0. The van der Waals surface area contributed by atoms with Crippen LogP contribution in [0, 0.1) is 17.3 Å². The molecule has 126 heavy (non-hydrogen) atoms. The van der Waals surface area contributed by atoms with Crippen LogP contribution in [-0.4, -0.2) is 259 Å². The fraction of sp³-hybridized carbons (Fsp3) is 0.688. The highest BCUT2D eigenvalue weighted by atomic mass is 16.5. The summed E-state index contributed by atoms with van der Waals surface area (Å²) in [6, 6.07) is 15.0. The van der Waals surface area contributed by atoms with Gasteiger partial charge in [-0.3, -0.25) is 62.3 Å². The van der Waals surface area contributed by atoms with E-state index in [1.54, 1.807) is 26.4 Å². The number of aliphatic carboxylic acids is 2. The van der Waals surface area contributed by atoms with Gasteiger partial charge in [0.1, 0.15) is 66.8 Å². The molecule has 0 saturated heterocycles. The number of benzene rings is 2. The van der Waals surface area contributed by atoms with Crippen LogP contribution in [0.4, 0.5) is 0 Å². The number of amides is 6. The molecule has 33 heteroatoms. The van der Waals surface area contributed by atoms with Crippen molar-refractivity contribution in [3.8, 4) is 0 Å². The van der Waals surface area contributed by atoms with Gasteiger partial charge >= 0.3 is 11.9 Å². The maximum Gasteiger partial charge on any atom is 0.326 e. The molecule has 1 heterocycles. The van der Waals surface area contributed by atoms with E-state index >= 15 is 0 Å². The van der Waals surface area contributed by atoms with Crippen LogP contribution < -0.4 is 37.2 Å². The zero-order valence-electron chi connectivity index (χ0n) is 76.9. The average Bonchev–Trinajstić information content (AvgIpc) is 0.972. The van der Waals surface area contributed by atoms with E-state index in [2.05, 4.69) is 137 Å². The quantitative estimate of drug-likeness (QED) is 0.0188. The van der Waals surface area contributed by atoms with Gasteiger partial charge in [0, 0.05) is 122 Å². The van der Waals surface area contributed by atoms with E-state index in [9.17, 15) is 77.3 Å². The molecule has 0 fully saturated rings. The van der Waals surface area contributed by atoms with Gasteiger partial charge in [-0.2, -0.15) is 0 Å². The molecule has 33 nitrogen and oxygen atoms in total. The number of rotatable bonds is 75. The molecule has 0 spiro atoms. The lowest BCUT2D eigenvalue weighted by atomic mass is 9.82. The standard InChI is InChI=1S/C58H92N6O14.C35H57N3O10/c1-8-13-44(20-24-52(69)58(6,7)56(74)62-28-26-47-37-59-41-64-47)51(68)38-63-50(42(2)65)17-9-10-27-60-54(71)40-78-35-32-75-30-12-16-49(67)39-77-34-33-76-31-29-61-53(70)25-21-45(55(72)73)36-48(66)15-11-14-43-18-22-46(23-19-43)57(3,4)5;1-5-17-36-32(41)25-48-24-22-46-20-18-37-33(42)26-47-23-21-45-19-7-9-29(39)15-16-30(34(43)44)38-31(40)10-6-8-27-11-13-28(14-12-27)35(2,3)4/h18-19,22-23,37,41,44-45,50,63H,8-17,20-21,24-36,38-40H2,1-7H3,(H,59,64)(H,60,71)(H,61,70)(H,62,74)(H,72,73);11-14,30H,5-10,15-26H2,1-4H3,(H,36,41)(H,37,42)(H,38,40)(H,43,44)/t44-,45-,50+;30-/m10/s1. The number of hydrogen-bond donors (Lipinski definition) is 10. The number of nitrogens with one attached hydrogen (secondary N) is 8. The Morgan fingerprint density at radius 3 is 1.39 bits per heavy atom. The van der Waals surface area contributed by atoms with E-state index in [0.29, 0.717) is 117 Å². The van der Waals surface area contributed by atoms with Crippen molar-refractivity contribution in [1.82, 2.24) is 47.2 Å². The average molecular weight is 1780 g/mol. The number of hydrogen-bond acceptors (Lipinski definition) is 24. The second-order valence-corrected chi connectivity index (χ2v) is 33.9. The summed E-state index contributed by atoms with van der Waals surface area (Å²) in [6.07, 6.45) is 12.8. The maximum absolute atomic E-state index is 13.2. The van der Waals surface area contributed by atoms with Gasteiger partial charge in [0.15, 0.2) is 5.78 Å². The van der Waals surface area contributed by atoms with Gasteiger partial charge in [0.25, 0.3) is 0 Å². The Bertz CT molecular complexity index is 3660. The number of imidazole rings is 1. The van der Waals surface area contributed by atoms with Crippen LogP contribution in [0.2, 0.25) is 0 Å².